The minimum Gasteiger partial charge on any atom is -0.455 e. The fourth-order valence-electron chi connectivity index (χ4n) is 2.24. The molecule has 0 bridgehead atoms. The molecule has 2 aromatic carbocycles. The van der Waals surface area contributed by atoms with E-state index in [1.807, 2.05) is 67.6 Å². The number of hydrogen-bond donors (Lipinski definition) is 0. The van der Waals surface area contributed by atoms with E-state index in [4.69, 9.17) is 4.42 Å². The standard InChI is InChI=1S/C20H16BrNO2/c1-14-2-4-15(5-3-14)19(23)13-22-12-18-10-11-20(24-18)16-6-8-17(21)9-7-16/h2-12H,13H2,1H3. The highest BCUT2D eigenvalue weighted by Crippen LogP contribution is 2.23. The van der Waals surface area contributed by atoms with Crippen LogP contribution in [0.4, 0.5) is 0 Å². The molecular formula is C20H16BrNO2. The summed E-state index contributed by atoms with van der Waals surface area (Å²) in [5, 5.41) is 0. The molecule has 0 aliphatic rings. The zero-order chi connectivity index (χ0) is 16.9. The van der Waals surface area contributed by atoms with Gasteiger partial charge in [0.05, 0.1) is 6.21 Å². The third kappa shape index (κ3) is 4.09. The van der Waals surface area contributed by atoms with Crippen LogP contribution in [0.15, 0.2) is 74.5 Å². The van der Waals surface area contributed by atoms with Crippen LogP contribution >= 0.6 is 15.9 Å². The van der Waals surface area contributed by atoms with Crippen LogP contribution in [0.1, 0.15) is 21.7 Å². The van der Waals surface area contributed by atoms with E-state index in [2.05, 4.69) is 20.9 Å². The van der Waals surface area contributed by atoms with Crippen LogP contribution in [0.3, 0.4) is 0 Å². The first-order valence-corrected chi connectivity index (χ1v) is 8.36. The molecule has 0 radical (unpaired) electrons. The van der Waals surface area contributed by atoms with Crippen molar-refractivity contribution in [1.82, 2.24) is 0 Å². The monoisotopic (exact) mass is 381 g/mol. The number of benzene rings is 2. The predicted molar refractivity (Wildman–Crippen MR) is 99.8 cm³/mol. The highest BCUT2D eigenvalue weighted by molar-refractivity contribution is 9.10. The van der Waals surface area contributed by atoms with Crippen LogP contribution in [-0.2, 0) is 0 Å². The van der Waals surface area contributed by atoms with E-state index in [9.17, 15) is 4.79 Å². The molecule has 1 aromatic heterocycles. The van der Waals surface area contributed by atoms with Gasteiger partial charge in [-0.1, -0.05) is 57.9 Å². The second-order valence-corrected chi connectivity index (χ2v) is 6.38. The Balaban J connectivity index is 1.64. The summed E-state index contributed by atoms with van der Waals surface area (Å²) in [6.45, 7) is 2.10. The van der Waals surface area contributed by atoms with Gasteiger partial charge in [0.15, 0.2) is 5.78 Å². The number of rotatable bonds is 5. The van der Waals surface area contributed by atoms with E-state index in [-0.39, 0.29) is 12.3 Å². The highest BCUT2D eigenvalue weighted by atomic mass is 79.9. The van der Waals surface area contributed by atoms with Crippen molar-refractivity contribution in [2.75, 3.05) is 6.54 Å². The molecule has 0 saturated carbocycles. The van der Waals surface area contributed by atoms with Crippen LogP contribution in [0.25, 0.3) is 11.3 Å². The van der Waals surface area contributed by atoms with Gasteiger partial charge in [-0.05, 0) is 31.2 Å². The zero-order valence-corrected chi connectivity index (χ0v) is 14.8. The summed E-state index contributed by atoms with van der Waals surface area (Å²) in [4.78, 5) is 16.2. The maximum absolute atomic E-state index is 12.1. The van der Waals surface area contributed by atoms with Gasteiger partial charge in [0.2, 0.25) is 0 Å². The van der Waals surface area contributed by atoms with Crippen LogP contribution in [0.2, 0.25) is 0 Å². The molecule has 0 amide bonds. The Bertz CT molecular complexity index is 861. The maximum Gasteiger partial charge on any atom is 0.184 e. The number of halogens is 1. The summed E-state index contributed by atoms with van der Waals surface area (Å²) in [6, 6.07) is 19.1. The van der Waals surface area contributed by atoms with Gasteiger partial charge in [-0.2, -0.15) is 0 Å². The topological polar surface area (TPSA) is 42.6 Å². The summed E-state index contributed by atoms with van der Waals surface area (Å²) in [5.41, 5.74) is 2.80. The normalized spacial score (nSPS) is 11.1. The molecule has 1 heterocycles. The first-order valence-electron chi connectivity index (χ1n) is 7.57. The molecule has 0 aliphatic carbocycles. The molecule has 0 fully saturated rings. The van der Waals surface area contributed by atoms with Gasteiger partial charge in [0, 0.05) is 15.6 Å². The van der Waals surface area contributed by atoms with E-state index < -0.39 is 0 Å². The lowest BCUT2D eigenvalue weighted by molar-refractivity contribution is 0.100. The molecular weight excluding hydrogens is 366 g/mol. The van der Waals surface area contributed by atoms with Crippen molar-refractivity contribution in [2.45, 2.75) is 6.92 Å². The Kier molecular flexibility index (Phi) is 5.06. The number of nitrogens with zero attached hydrogens (tertiary/aromatic N) is 1. The first kappa shape index (κ1) is 16.4. The number of hydrogen-bond acceptors (Lipinski definition) is 3. The zero-order valence-electron chi connectivity index (χ0n) is 13.2. The smallest absolute Gasteiger partial charge is 0.184 e. The lowest BCUT2D eigenvalue weighted by atomic mass is 10.1. The lowest BCUT2D eigenvalue weighted by Gasteiger charge is -1.98. The van der Waals surface area contributed by atoms with E-state index in [1.54, 1.807) is 6.21 Å². The number of carbonyl (C=O) groups excluding carboxylic acids is 1. The largest absolute Gasteiger partial charge is 0.455 e. The number of ketones is 1. The minimum atomic E-state index is -0.00839. The van der Waals surface area contributed by atoms with Crippen molar-refractivity contribution in [3.8, 4) is 11.3 Å². The molecule has 3 aromatic rings. The van der Waals surface area contributed by atoms with Gasteiger partial charge in [0.25, 0.3) is 0 Å². The Morgan fingerprint density at radius 2 is 1.75 bits per heavy atom. The first-order chi connectivity index (χ1) is 11.6. The fourth-order valence-corrected chi connectivity index (χ4v) is 2.51. The molecule has 24 heavy (non-hydrogen) atoms. The van der Waals surface area contributed by atoms with Crippen molar-refractivity contribution in [1.29, 1.82) is 0 Å². The highest BCUT2D eigenvalue weighted by Gasteiger charge is 2.05. The number of Topliss-reactive ketones (excluding diaryl/α,β-unsaturated/α-hetero) is 1. The summed E-state index contributed by atoms with van der Waals surface area (Å²) in [7, 11) is 0. The molecule has 0 N–H and O–H groups in total. The van der Waals surface area contributed by atoms with Gasteiger partial charge in [0.1, 0.15) is 18.1 Å². The quantitative estimate of drug-likeness (QED) is 0.443. The Morgan fingerprint density at radius 1 is 1.04 bits per heavy atom. The molecule has 4 heteroatoms. The van der Waals surface area contributed by atoms with Crippen LogP contribution in [0.5, 0.6) is 0 Å². The second-order valence-electron chi connectivity index (χ2n) is 5.47. The average Bonchev–Trinajstić information content (AvgIpc) is 3.05. The summed E-state index contributed by atoms with van der Waals surface area (Å²) < 4.78 is 6.76. The van der Waals surface area contributed by atoms with Crippen molar-refractivity contribution in [3.63, 3.8) is 0 Å². The lowest BCUT2D eigenvalue weighted by Crippen LogP contribution is -2.03. The van der Waals surface area contributed by atoms with E-state index in [0.29, 0.717) is 11.3 Å². The Labute approximate surface area is 149 Å². The van der Waals surface area contributed by atoms with Gasteiger partial charge >= 0.3 is 0 Å². The van der Waals surface area contributed by atoms with Crippen LogP contribution in [-0.4, -0.2) is 18.5 Å². The van der Waals surface area contributed by atoms with Gasteiger partial charge < -0.3 is 4.42 Å². The summed E-state index contributed by atoms with van der Waals surface area (Å²) in [6.07, 6.45) is 1.59. The number of carbonyl (C=O) groups is 1. The van der Waals surface area contributed by atoms with Gasteiger partial charge in [-0.3, -0.25) is 9.79 Å². The maximum atomic E-state index is 12.1. The summed E-state index contributed by atoms with van der Waals surface area (Å²) >= 11 is 3.41. The SMILES string of the molecule is Cc1ccc(C(=O)CN=Cc2ccc(-c3ccc(Br)cc3)o2)cc1. The number of aryl methyl sites for hydroxylation is 1. The van der Waals surface area contributed by atoms with E-state index in [0.717, 1.165) is 21.4 Å². The molecule has 0 saturated heterocycles. The van der Waals surface area contributed by atoms with Gasteiger partial charge in [-0.15, -0.1) is 0 Å². The Hall–Kier alpha value is -2.46. The fraction of sp³-hybridized carbons (Fsp3) is 0.100. The average molecular weight is 382 g/mol. The predicted octanol–water partition coefficient (Wildman–Crippen LogP) is 5.32. The third-order valence-corrected chi connectivity index (χ3v) is 4.11. The molecule has 120 valence electrons. The minimum absolute atomic E-state index is 0.00839. The van der Waals surface area contributed by atoms with Crippen molar-refractivity contribution in [3.05, 3.63) is 82.0 Å². The van der Waals surface area contributed by atoms with Crippen LogP contribution in [0, 0.1) is 6.92 Å². The molecule has 3 nitrogen and oxygen atoms in total. The van der Waals surface area contributed by atoms with Crippen molar-refractivity contribution >= 4 is 27.9 Å². The molecule has 0 unspecified atom stereocenters. The van der Waals surface area contributed by atoms with Gasteiger partial charge in [-0.25, -0.2) is 0 Å². The third-order valence-electron chi connectivity index (χ3n) is 3.58. The van der Waals surface area contributed by atoms with Crippen molar-refractivity contribution < 1.29 is 9.21 Å². The molecule has 0 atom stereocenters. The summed E-state index contributed by atoms with van der Waals surface area (Å²) in [5.74, 6) is 1.39. The second kappa shape index (κ2) is 7.41. The molecule has 0 aliphatic heterocycles. The molecule has 0 spiro atoms. The van der Waals surface area contributed by atoms with Crippen molar-refractivity contribution in [2.24, 2.45) is 4.99 Å². The van der Waals surface area contributed by atoms with E-state index in [1.165, 1.54) is 0 Å². The number of aliphatic imine (C=N–C) groups is 1. The van der Waals surface area contributed by atoms with E-state index >= 15 is 0 Å². The number of furan rings is 1. The van der Waals surface area contributed by atoms with Crippen LogP contribution < -0.4 is 0 Å². The molecule has 3 rings (SSSR count). The Morgan fingerprint density at radius 3 is 2.46 bits per heavy atom.